The van der Waals surface area contributed by atoms with Crippen molar-refractivity contribution in [3.8, 4) is 5.75 Å². The maximum absolute atomic E-state index is 12.4. The van der Waals surface area contributed by atoms with Gasteiger partial charge in [0.25, 0.3) is 0 Å². The van der Waals surface area contributed by atoms with Crippen molar-refractivity contribution in [2.75, 3.05) is 13.7 Å². The Bertz CT molecular complexity index is 678. The lowest BCUT2D eigenvalue weighted by Crippen LogP contribution is -2.47. The summed E-state index contributed by atoms with van der Waals surface area (Å²) >= 11 is 6.03. The highest BCUT2D eigenvalue weighted by molar-refractivity contribution is 6.30. The molecule has 0 bridgehead atoms. The molecule has 1 aliphatic carbocycles. The summed E-state index contributed by atoms with van der Waals surface area (Å²) in [4.78, 5) is 17.1. The van der Waals surface area contributed by atoms with Crippen molar-refractivity contribution in [3.63, 3.8) is 0 Å². The molecule has 0 saturated heterocycles. The number of halogens is 1. The summed E-state index contributed by atoms with van der Waals surface area (Å²) in [6.07, 6.45) is 3.86. The lowest BCUT2D eigenvalue weighted by Gasteiger charge is -2.30. The second-order valence-corrected chi connectivity index (χ2v) is 7.96. The summed E-state index contributed by atoms with van der Waals surface area (Å²) in [5.74, 6) is 1.71. The fourth-order valence-electron chi connectivity index (χ4n) is 3.49. The number of carbonyl (C=O) groups excluding carboxylic acids is 1. The number of guanidine groups is 1. The number of benzene rings is 1. The molecule has 1 saturated carbocycles. The van der Waals surface area contributed by atoms with E-state index in [1.807, 2.05) is 32.9 Å². The van der Waals surface area contributed by atoms with Crippen LogP contribution in [0.25, 0.3) is 0 Å². The first-order chi connectivity index (χ1) is 13.4. The molecule has 2 unspecified atom stereocenters. The predicted molar refractivity (Wildman–Crippen MR) is 115 cm³/mol. The van der Waals surface area contributed by atoms with Crippen LogP contribution in [-0.2, 0) is 11.3 Å². The number of methoxy groups -OCH3 is 1. The van der Waals surface area contributed by atoms with Crippen LogP contribution in [0.1, 0.15) is 52.0 Å². The van der Waals surface area contributed by atoms with Crippen LogP contribution in [0.5, 0.6) is 5.75 Å². The van der Waals surface area contributed by atoms with Gasteiger partial charge in [-0.2, -0.15) is 0 Å². The third-order valence-electron chi connectivity index (χ3n) is 4.82. The Kier molecular flexibility index (Phi) is 8.90. The second kappa shape index (κ2) is 11.1. The topological polar surface area (TPSA) is 74.8 Å². The van der Waals surface area contributed by atoms with E-state index in [0.717, 1.165) is 49.5 Å². The van der Waals surface area contributed by atoms with Crippen LogP contribution in [0.2, 0.25) is 5.02 Å². The number of hydrogen-bond donors (Lipinski definition) is 3. The fraction of sp³-hybridized carbons (Fsp3) is 0.619. The third-order valence-corrected chi connectivity index (χ3v) is 5.05. The van der Waals surface area contributed by atoms with Gasteiger partial charge < -0.3 is 20.7 Å². The zero-order valence-corrected chi connectivity index (χ0v) is 18.1. The predicted octanol–water partition coefficient (Wildman–Crippen LogP) is 3.49. The molecule has 1 aromatic carbocycles. The van der Waals surface area contributed by atoms with Gasteiger partial charge >= 0.3 is 0 Å². The highest BCUT2D eigenvalue weighted by Crippen LogP contribution is 2.25. The Balaban J connectivity index is 2.01. The highest BCUT2D eigenvalue weighted by Gasteiger charge is 2.28. The Morgan fingerprint density at radius 1 is 1.36 bits per heavy atom. The molecule has 3 N–H and O–H groups in total. The third kappa shape index (κ3) is 6.89. The maximum Gasteiger partial charge on any atom is 0.223 e. The van der Waals surface area contributed by atoms with Crippen LogP contribution in [0, 0.1) is 5.92 Å². The Morgan fingerprint density at radius 3 is 2.82 bits per heavy atom. The van der Waals surface area contributed by atoms with Crippen molar-refractivity contribution in [2.24, 2.45) is 10.9 Å². The summed E-state index contributed by atoms with van der Waals surface area (Å²) in [5.41, 5.74) is 0.974. The Labute approximate surface area is 173 Å². The molecule has 0 radical (unpaired) electrons. The summed E-state index contributed by atoms with van der Waals surface area (Å²) in [6.45, 7) is 7.29. The first-order valence-electron chi connectivity index (χ1n) is 10.1. The number of aliphatic imine (C=N–C) groups is 1. The molecule has 0 aliphatic heterocycles. The summed E-state index contributed by atoms with van der Waals surface area (Å²) in [5, 5.41) is 10.5. The van der Waals surface area contributed by atoms with E-state index in [4.69, 9.17) is 21.3 Å². The molecule has 2 rings (SSSR count). The lowest BCUT2D eigenvalue weighted by atomic mass is 9.85. The molecule has 0 heterocycles. The molecular weight excluding hydrogens is 376 g/mol. The van der Waals surface area contributed by atoms with Crippen molar-refractivity contribution < 1.29 is 9.53 Å². The minimum atomic E-state index is 0.0629. The Hall–Kier alpha value is -1.95. The van der Waals surface area contributed by atoms with Gasteiger partial charge in [0.15, 0.2) is 5.96 Å². The number of nitrogens with one attached hydrogen (secondary N) is 3. The largest absolute Gasteiger partial charge is 0.496 e. The first-order valence-corrected chi connectivity index (χ1v) is 10.5. The van der Waals surface area contributed by atoms with Gasteiger partial charge in [0, 0.05) is 35.1 Å². The van der Waals surface area contributed by atoms with E-state index in [0.29, 0.717) is 11.6 Å². The van der Waals surface area contributed by atoms with Gasteiger partial charge in [-0.15, -0.1) is 0 Å². The standard InChI is InChI=1S/C21H33ClN4O2/c1-5-23-21(24-13-16-9-10-17(22)12-19(16)28-4)26-18-8-6-7-15(11-18)20(27)25-14(2)3/h9-10,12,14-15,18H,5-8,11,13H2,1-4H3,(H,25,27)(H2,23,24,26). The van der Waals surface area contributed by atoms with Crippen molar-refractivity contribution in [3.05, 3.63) is 28.8 Å². The van der Waals surface area contributed by atoms with Crippen molar-refractivity contribution in [1.29, 1.82) is 0 Å². The normalized spacial score (nSPS) is 20.0. The molecule has 1 amide bonds. The van der Waals surface area contributed by atoms with Gasteiger partial charge in [0.2, 0.25) is 5.91 Å². The highest BCUT2D eigenvalue weighted by atomic mass is 35.5. The van der Waals surface area contributed by atoms with E-state index in [1.165, 1.54) is 0 Å². The minimum Gasteiger partial charge on any atom is -0.496 e. The van der Waals surface area contributed by atoms with Crippen molar-refractivity contribution >= 4 is 23.5 Å². The number of amides is 1. The molecule has 6 nitrogen and oxygen atoms in total. The molecule has 156 valence electrons. The van der Waals surface area contributed by atoms with Gasteiger partial charge in [-0.25, -0.2) is 4.99 Å². The van der Waals surface area contributed by atoms with E-state index in [1.54, 1.807) is 13.2 Å². The molecular formula is C21H33ClN4O2. The lowest BCUT2D eigenvalue weighted by molar-refractivity contribution is -0.126. The van der Waals surface area contributed by atoms with Gasteiger partial charge in [-0.05, 0) is 52.2 Å². The van der Waals surface area contributed by atoms with E-state index in [2.05, 4.69) is 16.0 Å². The summed E-state index contributed by atoms with van der Waals surface area (Å²) in [6, 6.07) is 5.98. The van der Waals surface area contributed by atoms with E-state index >= 15 is 0 Å². The number of ether oxygens (including phenoxy) is 1. The number of hydrogen-bond acceptors (Lipinski definition) is 3. The molecule has 1 aliphatic rings. The molecule has 1 fully saturated rings. The molecule has 2 atom stereocenters. The van der Waals surface area contributed by atoms with Crippen LogP contribution in [0.4, 0.5) is 0 Å². The molecule has 0 spiro atoms. The average Bonchev–Trinajstić information content (AvgIpc) is 2.66. The summed E-state index contributed by atoms with van der Waals surface area (Å²) < 4.78 is 5.40. The summed E-state index contributed by atoms with van der Waals surface area (Å²) in [7, 11) is 1.63. The van der Waals surface area contributed by atoms with Crippen LogP contribution in [-0.4, -0.2) is 37.6 Å². The molecule has 28 heavy (non-hydrogen) atoms. The quantitative estimate of drug-likeness (QED) is 0.477. The average molecular weight is 409 g/mol. The SMILES string of the molecule is CCNC(=NCc1ccc(Cl)cc1OC)NC1CCCC(C(=O)NC(C)C)C1. The zero-order valence-electron chi connectivity index (χ0n) is 17.3. The zero-order chi connectivity index (χ0) is 20.5. The monoisotopic (exact) mass is 408 g/mol. The Morgan fingerprint density at radius 2 is 2.14 bits per heavy atom. The molecule has 7 heteroatoms. The van der Waals surface area contributed by atoms with Crippen molar-refractivity contribution in [1.82, 2.24) is 16.0 Å². The number of rotatable bonds is 7. The van der Waals surface area contributed by atoms with Crippen molar-refractivity contribution in [2.45, 2.75) is 65.1 Å². The fourth-order valence-corrected chi connectivity index (χ4v) is 3.65. The van der Waals surface area contributed by atoms with E-state index in [-0.39, 0.29) is 23.9 Å². The number of carbonyl (C=O) groups is 1. The van der Waals surface area contributed by atoms with Gasteiger partial charge in [-0.1, -0.05) is 24.1 Å². The van der Waals surface area contributed by atoms with Crippen LogP contribution < -0.4 is 20.7 Å². The van der Waals surface area contributed by atoms with Gasteiger partial charge in [0.1, 0.15) is 5.75 Å². The second-order valence-electron chi connectivity index (χ2n) is 7.52. The molecule has 0 aromatic heterocycles. The first kappa shape index (κ1) is 22.3. The maximum atomic E-state index is 12.4. The minimum absolute atomic E-state index is 0.0629. The smallest absolute Gasteiger partial charge is 0.223 e. The number of nitrogens with zero attached hydrogens (tertiary/aromatic N) is 1. The van der Waals surface area contributed by atoms with Gasteiger partial charge in [0.05, 0.1) is 13.7 Å². The van der Waals surface area contributed by atoms with Crippen LogP contribution >= 0.6 is 11.6 Å². The van der Waals surface area contributed by atoms with Gasteiger partial charge in [-0.3, -0.25) is 4.79 Å². The van der Waals surface area contributed by atoms with E-state index < -0.39 is 0 Å². The van der Waals surface area contributed by atoms with Crippen LogP contribution in [0.3, 0.4) is 0 Å². The van der Waals surface area contributed by atoms with Crippen LogP contribution in [0.15, 0.2) is 23.2 Å². The van der Waals surface area contributed by atoms with E-state index in [9.17, 15) is 4.79 Å². The molecule has 1 aromatic rings.